The molecule has 0 aliphatic carbocycles. The second-order valence-corrected chi connectivity index (χ2v) is 11.1. The zero-order valence-corrected chi connectivity index (χ0v) is 25.6. The Hall–Kier alpha value is -3.85. The van der Waals surface area contributed by atoms with E-state index >= 15 is 0 Å². The Morgan fingerprint density at radius 3 is 2.22 bits per heavy atom. The molecule has 9 heteroatoms. The van der Waals surface area contributed by atoms with E-state index in [1.165, 1.54) is 12.8 Å². The number of nitrogens with one attached hydrogen (secondary N) is 1. The van der Waals surface area contributed by atoms with Crippen LogP contribution in [0.2, 0.25) is 0 Å². The molecule has 1 aliphatic heterocycles. The zero-order chi connectivity index (χ0) is 29.7. The average Bonchev–Trinajstić information content (AvgIpc) is 3.54. The van der Waals surface area contributed by atoms with Gasteiger partial charge < -0.3 is 20.1 Å². The Balaban J connectivity index is 0.000000909. The molecule has 1 fully saturated rings. The SMILES string of the molecule is C=C(NC(C)C)c1nnc(-c2cc3c(C(C)C)nn(C)c3cc2O)n1-c1ccc(N2CCOCC2)cc1.CCCC. The summed E-state index contributed by atoms with van der Waals surface area (Å²) in [5, 5.41) is 29.2. The molecule has 9 nitrogen and oxygen atoms in total. The van der Waals surface area contributed by atoms with Crippen LogP contribution >= 0.6 is 0 Å². The van der Waals surface area contributed by atoms with Crippen LogP contribution in [0, 0.1) is 0 Å². The third-order valence-corrected chi connectivity index (χ3v) is 7.16. The smallest absolute Gasteiger partial charge is 0.184 e. The van der Waals surface area contributed by atoms with Crippen molar-refractivity contribution in [3.63, 3.8) is 0 Å². The highest BCUT2D eigenvalue weighted by atomic mass is 16.5. The number of morpholine rings is 1. The van der Waals surface area contributed by atoms with E-state index in [1.54, 1.807) is 6.07 Å². The Morgan fingerprint density at radius 1 is 1.00 bits per heavy atom. The second kappa shape index (κ2) is 13.2. The van der Waals surface area contributed by atoms with Gasteiger partial charge in [0.25, 0.3) is 0 Å². The molecule has 220 valence electrons. The lowest BCUT2D eigenvalue weighted by Gasteiger charge is -2.29. The molecule has 1 saturated heterocycles. The maximum absolute atomic E-state index is 11.1. The van der Waals surface area contributed by atoms with Crippen LogP contribution < -0.4 is 10.2 Å². The topological polar surface area (TPSA) is 93.3 Å². The Bertz CT molecular complexity index is 1460. The molecule has 5 rings (SSSR count). The van der Waals surface area contributed by atoms with Crippen molar-refractivity contribution in [3.05, 3.63) is 54.5 Å². The lowest BCUT2D eigenvalue weighted by Crippen LogP contribution is -2.36. The molecule has 2 aromatic heterocycles. The number of fused-ring (bicyclic) bond motifs is 1. The number of aryl methyl sites for hydroxylation is 1. The third-order valence-electron chi connectivity index (χ3n) is 7.16. The molecule has 3 heterocycles. The first-order valence-electron chi connectivity index (χ1n) is 14.7. The van der Waals surface area contributed by atoms with E-state index in [0.29, 0.717) is 22.9 Å². The number of unbranched alkanes of at least 4 members (excludes halogenated alkanes) is 1. The Kier molecular flexibility index (Phi) is 9.70. The van der Waals surface area contributed by atoms with Crippen molar-refractivity contribution in [2.75, 3.05) is 31.2 Å². The lowest BCUT2D eigenvalue weighted by molar-refractivity contribution is 0.122. The van der Waals surface area contributed by atoms with E-state index < -0.39 is 0 Å². The summed E-state index contributed by atoms with van der Waals surface area (Å²) in [6, 6.07) is 12.2. The molecule has 2 aromatic carbocycles. The predicted molar refractivity (Wildman–Crippen MR) is 168 cm³/mol. The molecule has 1 aliphatic rings. The molecule has 0 unspecified atom stereocenters. The van der Waals surface area contributed by atoms with Gasteiger partial charge in [0, 0.05) is 49.0 Å². The lowest BCUT2D eigenvalue weighted by atomic mass is 10.0. The first-order chi connectivity index (χ1) is 19.7. The van der Waals surface area contributed by atoms with E-state index in [2.05, 4.69) is 92.8 Å². The van der Waals surface area contributed by atoms with Crippen molar-refractivity contribution in [1.82, 2.24) is 29.9 Å². The molecular weight excluding hydrogens is 514 g/mol. The average molecular weight is 560 g/mol. The maximum Gasteiger partial charge on any atom is 0.184 e. The molecule has 0 amide bonds. The number of nitrogens with zero attached hydrogens (tertiary/aromatic N) is 6. The normalized spacial score (nSPS) is 13.5. The van der Waals surface area contributed by atoms with Crippen molar-refractivity contribution in [1.29, 1.82) is 0 Å². The number of phenolic OH excluding ortho intramolecular Hbond substituents is 1. The minimum absolute atomic E-state index is 0.123. The summed E-state index contributed by atoms with van der Waals surface area (Å²) in [6.45, 7) is 20.1. The number of rotatable bonds is 8. The highest BCUT2D eigenvalue weighted by Gasteiger charge is 2.23. The molecule has 41 heavy (non-hydrogen) atoms. The largest absolute Gasteiger partial charge is 0.507 e. The number of hydrogen-bond acceptors (Lipinski definition) is 7. The van der Waals surface area contributed by atoms with Gasteiger partial charge >= 0.3 is 0 Å². The van der Waals surface area contributed by atoms with Crippen LogP contribution in [0.5, 0.6) is 5.75 Å². The Morgan fingerprint density at radius 2 is 1.63 bits per heavy atom. The van der Waals surface area contributed by atoms with Gasteiger partial charge in [0.15, 0.2) is 11.6 Å². The van der Waals surface area contributed by atoms with Crippen molar-refractivity contribution < 1.29 is 9.84 Å². The number of phenols is 1. The van der Waals surface area contributed by atoms with E-state index in [1.807, 2.05) is 22.4 Å². The Labute approximate surface area is 243 Å². The van der Waals surface area contributed by atoms with Gasteiger partial charge in [-0.25, -0.2) is 0 Å². The van der Waals surface area contributed by atoms with Crippen LogP contribution in [0.1, 0.15) is 71.8 Å². The van der Waals surface area contributed by atoms with Crippen LogP contribution in [0.3, 0.4) is 0 Å². The van der Waals surface area contributed by atoms with Gasteiger partial charge in [0.05, 0.1) is 35.7 Å². The fourth-order valence-electron chi connectivity index (χ4n) is 4.87. The summed E-state index contributed by atoms with van der Waals surface area (Å²) < 4.78 is 9.26. The fraction of sp³-hybridized carbons (Fsp3) is 0.469. The highest BCUT2D eigenvalue weighted by molar-refractivity contribution is 5.90. The van der Waals surface area contributed by atoms with Crippen LogP contribution in [-0.4, -0.2) is 62.0 Å². The van der Waals surface area contributed by atoms with Gasteiger partial charge in [0.2, 0.25) is 0 Å². The minimum Gasteiger partial charge on any atom is -0.507 e. The molecule has 0 bridgehead atoms. The summed E-state index contributed by atoms with van der Waals surface area (Å²) in [6.07, 6.45) is 2.64. The molecule has 4 aromatic rings. The van der Waals surface area contributed by atoms with E-state index in [0.717, 1.165) is 54.3 Å². The van der Waals surface area contributed by atoms with E-state index in [4.69, 9.17) is 9.84 Å². The molecule has 0 radical (unpaired) electrons. The van der Waals surface area contributed by atoms with Crippen molar-refractivity contribution in [2.24, 2.45) is 7.05 Å². The number of benzene rings is 2. The first kappa shape index (κ1) is 30.1. The summed E-state index contributed by atoms with van der Waals surface area (Å²) in [7, 11) is 1.89. The standard InChI is InChI=1S/C28H35N7O2.C4H10/c1-17(2)26-22-15-23(25(36)16-24(22)33(6)32-26)28-31-30-27(19(5)29-18(3)4)35(28)21-9-7-20(8-10-21)34-11-13-37-14-12-34;1-3-4-2/h7-10,15-18,29,36H,5,11-14H2,1-4,6H3;3-4H2,1-2H3. The van der Waals surface area contributed by atoms with Crippen LogP contribution in [0.25, 0.3) is 33.7 Å². The number of ether oxygens (including phenoxy) is 1. The number of aromatic hydroxyl groups is 1. The quantitative estimate of drug-likeness (QED) is 0.263. The third kappa shape index (κ3) is 6.56. The van der Waals surface area contributed by atoms with Crippen LogP contribution in [0.15, 0.2) is 43.0 Å². The summed E-state index contributed by atoms with van der Waals surface area (Å²) in [5.74, 6) is 1.49. The van der Waals surface area contributed by atoms with Crippen molar-refractivity contribution in [3.8, 4) is 22.8 Å². The van der Waals surface area contributed by atoms with Gasteiger partial charge in [-0.1, -0.05) is 47.1 Å². The number of anilines is 1. The van der Waals surface area contributed by atoms with Crippen LogP contribution in [0.4, 0.5) is 5.69 Å². The van der Waals surface area contributed by atoms with Crippen molar-refractivity contribution >= 4 is 22.3 Å². The number of hydrogen-bond donors (Lipinski definition) is 2. The molecule has 0 saturated carbocycles. The minimum atomic E-state index is 0.123. The highest BCUT2D eigenvalue weighted by Crippen LogP contribution is 2.37. The predicted octanol–water partition coefficient (Wildman–Crippen LogP) is 6.26. The first-order valence-corrected chi connectivity index (χ1v) is 14.7. The molecule has 0 atom stereocenters. The zero-order valence-electron chi connectivity index (χ0n) is 25.6. The fourth-order valence-corrected chi connectivity index (χ4v) is 4.87. The van der Waals surface area contributed by atoms with E-state index in [9.17, 15) is 5.11 Å². The van der Waals surface area contributed by atoms with Gasteiger partial charge in [-0.15, -0.1) is 10.2 Å². The van der Waals surface area contributed by atoms with Crippen LogP contribution in [-0.2, 0) is 11.8 Å². The van der Waals surface area contributed by atoms with Crippen molar-refractivity contribution in [2.45, 2.75) is 66.3 Å². The summed E-state index contributed by atoms with van der Waals surface area (Å²) >= 11 is 0. The maximum atomic E-state index is 11.1. The van der Waals surface area contributed by atoms with Gasteiger partial charge in [0.1, 0.15) is 5.75 Å². The summed E-state index contributed by atoms with van der Waals surface area (Å²) in [5.41, 5.74) is 5.13. The molecule has 2 N–H and O–H groups in total. The van der Waals surface area contributed by atoms with Gasteiger partial charge in [-0.05, 0) is 50.1 Å². The summed E-state index contributed by atoms with van der Waals surface area (Å²) in [4.78, 5) is 2.32. The molecule has 0 spiro atoms. The van der Waals surface area contributed by atoms with Gasteiger partial charge in [-0.3, -0.25) is 9.25 Å². The number of aromatic nitrogens is 5. The monoisotopic (exact) mass is 559 g/mol. The molecular formula is C32H45N7O2. The van der Waals surface area contributed by atoms with E-state index in [-0.39, 0.29) is 17.7 Å². The second-order valence-electron chi connectivity index (χ2n) is 11.1. The van der Waals surface area contributed by atoms with Gasteiger partial charge in [-0.2, -0.15) is 5.10 Å².